The highest BCUT2D eigenvalue weighted by Gasteiger charge is 2.34. The molecule has 0 bridgehead atoms. The molecule has 0 fully saturated rings. The van der Waals surface area contributed by atoms with Crippen LogP contribution in [0, 0.1) is 0 Å². The molecule has 3 N–H and O–H groups in total. The second kappa shape index (κ2) is 5.61. The van der Waals surface area contributed by atoms with E-state index in [1.54, 1.807) is 13.8 Å². The molecule has 19 heavy (non-hydrogen) atoms. The van der Waals surface area contributed by atoms with E-state index in [0.717, 1.165) is 12.1 Å². The van der Waals surface area contributed by atoms with Crippen LogP contribution in [0.5, 0.6) is 0 Å². The molecular formula is C13H17F3N2O. The third kappa shape index (κ3) is 3.70. The van der Waals surface area contributed by atoms with Crippen LogP contribution in [0.15, 0.2) is 24.3 Å². The van der Waals surface area contributed by atoms with E-state index in [2.05, 4.69) is 5.32 Å². The molecule has 0 spiro atoms. The lowest BCUT2D eigenvalue weighted by Crippen LogP contribution is -2.42. The Bertz CT molecular complexity index is 455. The number of alkyl halides is 3. The minimum Gasteiger partial charge on any atom is -0.354 e. The molecule has 0 radical (unpaired) electrons. The van der Waals surface area contributed by atoms with Crippen LogP contribution in [-0.4, -0.2) is 19.0 Å². The normalized spacial score (nSPS) is 12.3. The van der Waals surface area contributed by atoms with Crippen LogP contribution in [0.2, 0.25) is 0 Å². The first-order chi connectivity index (χ1) is 8.69. The lowest BCUT2D eigenvalue weighted by molar-refractivity contribution is -0.137. The van der Waals surface area contributed by atoms with E-state index in [1.807, 2.05) is 0 Å². The summed E-state index contributed by atoms with van der Waals surface area (Å²) < 4.78 is 37.9. The maximum absolute atomic E-state index is 12.6. The van der Waals surface area contributed by atoms with Gasteiger partial charge in [-0.1, -0.05) is 18.2 Å². The van der Waals surface area contributed by atoms with Crippen LogP contribution in [0.3, 0.4) is 0 Å². The van der Waals surface area contributed by atoms with Crippen molar-refractivity contribution in [3.63, 3.8) is 0 Å². The Hall–Kier alpha value is -1.56. The quantitative estimate of drug-likeness (QED) is 0.883. The van der Waals surface area contributed by atoms with Crippen molar-refractivity contribution in [3.05, 3.63) is 35.4 Å². The highest BCUT2D eigenvalue weighted by atomic mass is 19.4. The number of carbonyl (C=O) groups excluding carboxylic acids is 1. The van der Waals surface area contributed by atoms with Gasteiger partial charge in [0.05, 0.1) is 11.0 Å². The molecule has 0 aliphatic rings. The first-order valence-electron chi connectivity index (χ1n) is 5.85. The summed E-state index contributed by atoms with van der Waals surface area (Å²) in [5.74, 6) is -0.350. The molecule has 0 heterocycles. The van der Waals surface area contributed by atoms with E-state index >= 15 is 0 Å². The number of hydrogen-bond acceptors (Lipinski definition) is 2. The van der Waals surface area contributed by atoms with Gasteiger partial charge >= 0.3 is 6.18 Å². The average molecular weight is 274 g/mol. The van der Waals surface area contributed by atoms with E-state index in [9.17, 15) is 18.0 Å². The van der Waals surface area contributed by atoms with Crippen molar-refractivity contribution < 1.29 is 18.0 Å². The van der Waals surface area contributed by atoms with Crippen molar-refractivity contribution in [2.45, 2.75) is 25.4 Å². The first kappa shape index (κ1) is 15.5. The van der Waals surface area contributed by atoms with Gasteiger partial charge in [0.15, 0.2) is 0 Å². The molecule has 0 saturated carbocycles. The molecule has 0 saturated heterocycles. The first-order valence-corrected chi connectivity index (χ1v) is 5.85. The minimum atomic E-state index is -4.42. The Morgan fingerprint density at radius 3 is 2.37 bits per heavy atom. The zero-order chi connectivity index (χ0) is 14.7. The van der Waals surface area contributed by atoms with E-state index in [0.29, 0.717) is 12.1 Å². The summed E-state index contributed by atoms with van der Waals surface area (Å²) in [7, 11) is 0. The maximum atomic E-state index is 12.6. The molecule has 0 atom stereocenters. The van der Waals surface area contributed by atoms with E-state index < -0.39 is 17.2 Å². The van der Waals surface area contributed by atoms with Gasteiger partial charge in [0, 0.05) is 13.1 Å². The topological polar surface area (TPSA) is 55.1 Å². The van der Waals surface area contributed by atoms with E-state index in [1.165, 1.54) is 12.1 Å². The molecule has 1 rings (SSSR count). The van der Waals surface area contributed by atoms with Crippen LogP contribution >= 0.6 is 0 Å². The fourth-order valence-corrected chi connectivity index (χ4v) is 1.62. The van der Waals surface area contributed by atoms with Crippen molar-refractivity contribution >= 4 is 5.91 Å². The molecule has 6 heteroatoms. The maximum Gasteiger partial charge on any atom is 0.416 e. The van der Waals surface area contributed by atoms with Gasteiger partial charge in [-0.05, 0) is 25.5 Å². The van der Waals surface area contributed by atoms with Crippen LogP contribution in [0.4, 0.5) is 13.2 Å². The zero-order valence-corrected chi connectivity index (χ0v) is 10.8. The smallest absolute Gasteiger partial charge is 0.354 e. The second-order valence-corrected chi connectivity index (χ2v) is 4.75. The summed E-state index contributed by atoms with van der Waals surface area (Å²) in [5.41, 5.74) is 3.79. The summed E-state index contributed by atoms with van der Waals surface area (Å²) in [6, 6.07) is 4.80. The Balaban J connectivity index is 3.04. The monoisotopic (exact) mass is 274 g/mol. The van der Waals surface area contributed by atoms with E-state index in [-0.39, 0.29) is 12.5 Å². The van der Waals surface area contributed by atoms with Crippen LogP contribution in [0.25, 0.3) is 0 Å². The summed E-state index contributed by atoms with van der Waals surface area (Å²) >= 11 is 0. The fraction of sp³-hybridized carbons (Fsp3) is 0.462. The molecule has 1 aromatic carbocycles. The van der Waals surface area contributed by atoms with Gasteiger partial charge in [0.2, 0.25) is 5.91 Å². The van der Waals surface area contributed by atoms with Crippen molar-refractivity contribution in [2.24, 2.45) is 5.73 Å². The summed E-state index contributed by atoms with van der Waals surface area (Å²) in [6.45, 7) is 3.73. The molecule has 0 aromatic heterocycles. The van der Waals surface area contributed by atoms with Crippen molar-refractivity contribution in [1.29, 1.82) is 0 Å². The zero-order valence-electron chi connectivity index (χ0n) is 10.8. The van der Waals surface area contributed by atoms with Crippen molar-refractivity contribution in [1.82, 2.24) is 5.32 Å². The molecule has 0 unspecified atom stereocenters. The van der Waals surface area contributed by atoms with Crippen LogP contribution in [0.1, 0.15) is 25.0 Å². The summed E-state index contributed by atoms with van der Waals surface area (Å²) in [4.78, 5) is 11.9. The fourth-order valence-electron chi connectivity index (χ4n) is 1.62. The number of nitrogens with two attached hydrogens (primary N) is 1. The lowest BCUT2D eigenvalue weighted by atomic mass is 9.83. The standard InChI is InChI=1S/C13H17F3N2O/c1-12(2,11(19)18-7-6-17)9-4-3-5-10(8-9)13(14,15)16/h3-5,8H,6-7,17H2,1-2H3,(H,18,19). The van der Waals surface area contributed by atoms with Crippen LogP contribution < -0.4 is 11.1 Å². The number of nitrogens with one attached hydrogen (secondary N) is 1. The van der Waals surface area contributed by atoms with Crippen molar-refractivity contribution in [3.8, 4) is 0 Å². The Labute approximate surface area is 110 Å². The Morgan fingerprint density at radius 1 is 1.26 bits per heavy atom. The second-order valence-electron chi connectivity index (χ2n) is 4.75. The minimum absolute atomic E-state index is 0.282. The van der Waals surface area contributed by atoms with Gasteiger partial charge in [-0.15, -0.1) is 0 Å². The number of halogens is 3. The highest BCUT2D eigenvalue weighted by Crippen LogP contribution is 2.32. The molecular weight excluding hydrogens is 257 g/mol. The summed E-state index contributed by atoms with van der Waals surface area (Å²) in [5, 5.41) is 2.58. The molecule has 0 aliphatic carbocycles. The highest BCUT2D eigenvalue weighted by molar-refractivity contribution is 5.87. The lowest BCUT2D eigenvalue weighted by Gasteiger charge is -2.25. The Morgan fingerprint density at radius 2 is 1.84 bits per heavy atom. The molecule has 106 valence electrons. The number of hydrogen-bond donors (Lipinski definition) is 2. The number of benzene rings is 1. The molecule has 1 aromatic rings. The largest absolute Gasteiger partial charge is 0.416 e. The van der Waals surface area contributed by atoms with Gasteiger partial charge in [0.25, 0.3) is 0 Å². The number of amides is 1. The van der Waals surface area contributed by atoms with Gasteiger partial charge in [0.1, 0.15) is 0 Å². The third-order valence-electron chi connectivity index (χ3n) is 2.91. The number of rotatable bonds is 4. The predicted octanol–water partition coefficient (Wildman–Crippen LogP) is 2.06. The molecule has 1 amide bonds. The van der Waals surface area contributed by atoms with Crippen LogP contribution in [-0.2, 0) is 16.4 Å². The molecule has 0 aliphatic heterocycles. The number of carbonyl (C=O) groups is 1. The van der Waals surface area contributed by atoms with Gasteiger partial charge in [-0.2, -0.15) is 13.2 Å². The molecule has 3 nitrogen and oxygen atoms in total. The average Bonchev–Trinajstić information content (AvgIpc) is 2.35. The van der Waals surface area contributed by atoms with Gasteiger partial charge in [-0.25, -0.2) is 0 Å². The third-order valence-corrected chi connectivity index (χ3v) is 2.91. The van der Waals surface area contributed by atoms with Crippen molar-refractivity contribution in [2.75, 3.05) is 13.1 Å². The predicted molar refractivity (Wildman–Crippen MR) is 66.5 cm³/mol. The van der Waals surface area contributed by atoms with Gasteiger partial charge < -0.3 is 11.1 Å². The Kier molecular flexibility index (Phi) is 4.57. The SMILES string of the molecule is CC(C)(C(=O)NCCN)c1cccc(C(F)(F)F)c1. The summed E-state index contributed by atoms with van der Waals surface area (Å²) in [6.07, 6.45) is -4.42. The van der Waals surface area contributed by atoms with E-state index in [4.69, 9.17) is 5.73 Å². The van der Waals surface area contributed by atoms with Gasteiger partial charge in [-0.3, -0.25) is 4.79 Å².